The van der Waals surface area contributed by atoms with Crippen LogP contribution in [0.2, 0.25) is 0 Å². The molecule has 3 N–H and O–H groups in total. The van der Waals surface area contributed by atoms with Gasteiger partial charge in [0.2, 0.25) is 6.79 Å². The molecule has 3 aromatic rings. The van der Waals surface area contributed by atoms with E-state index in [9.17, 15) is 5.11 Å². The Balaban J connectivity index is 1.38. The summed E-state index contributed by atoms with van der Waals surface area (Å²) >= 11 is 0. The predicted molar refractivity (Wildman–Crippen MR) is 119 cm³/mol. The maximum atomic E-state index is 10.7. The lowest BCUT2D eigenvalue weighted by atomic mass is 9.89. The standard InChI is InChI=1S/C23H26N4O5/c1-29-19-11-15-17(12-20(19)30-10-7-23(28)5-8-24-9-6-23)25-13-26-22(15)27-16-3-2-4-18-21(16)32-14-31-18/h2-4,11-13,24,28H,5-10,14H2,1H3,(H,25,26,27). The van der Waals surface area contributed by atoms with Gasteiger partial charge in [0.1, 0.15) is 12.1 Å². The Labute approximate surface area is 185 Å². The maximum Gasteiger partial charge on any atom is 0.231 e. The Bertz CT molecular complexity index is 1120. The molecule has 9 heteroatoms. The van der Waals surface area contributed by atoms with Crippen molar-refractivity contribution < 1.29 is 24.1 Å². The Morgan fingerprint density at radius 1 is 1.16 bits per heavy atom. The smallest absolute Gasteiger partial charge is 0.231 e. The molecule has 2 aliphatic heterocycles. The zero-order valence-corrected chi connectivity index (χ0v) is 17.9. The molecule has 3 heterocycles. The normalized spacial score (nSPS) is 16.7. The van der Waals surface area contributed by atoms with E-state index in [1.54, 1.807) is 7.11 Å². The van der Waals surface area contributed by atoms with Crippen LogP contribution < -0.4 is 29.6 Å². The number of anilines is 2. The fraction of sp³-hybridized carbons (Fsp3) is 0.391. The number of benzene rings is 2. The molecular formula is C23H26N4O5. The largest absolute Gasteiger partial charge is 0.493 e. The summed E-state index contributed by atoms with van der Waals surface area (Å²) in [5, 5.41) is 18.1. The summed E-state index contributed by atoms with van der Waals surface area (Å²) in [5.74, 6) is 3.12. The third-order valence-corrected chi connectivity index (χ3v) is 5.93. The molecule has 0 unspecified atom stereocenters. The molecule has 1 aromatic heterocycles. The lowest BCUT2D eigenvalue weighted by Crippen LogP contribution is -2.42. The number of nitrogens with one attached hydrogen (secondary N) is 2. The second-order valence-electron chi connectivity index (χ2n) is 7.98. The summed E-state index contributed by atoms with van der Waals surface area (Å²) in [6.45, 7) is 2.23. The first-order valence-corrected chi connectivity index (χ1v) is 10.7. The highest BCUT2D eigenvalue weighted by Crippen LogP contribution is 2.41. The first-order chi connectivity index (χ1) is 15.6. The van der Waals surface area contributed by atoms with Gasteiger partial charge in [0.15, 0.2) is 23.0 Å². The minimum atomic E-state index is -0.684. The van der Waals surface area contributed by atoms with E-state index in [0.29, 0.717) is 47.4 Å². The summed E-state index contributed by atoms with van der Waals surface area (Å²) < 4.78 is 22.6. The van der Waals surface area contributed by atoms with Gasteiger partial charge in [-0.1, -0.05) is 6.07 Å². The van der Waals surface area contributed by atoms with Crippen molar-refractivity contribution in [2.75, 3.05) is 38.9 Å². The van der Waals surface area contributed by atoms with Crippen molar-refractivity contribution in [1.82, 2.24) is 15.3 Å². The number of hydrogen-bond acceptors (Lipinski definition) is 9. The molecule has 0 amide bonds. The molecule has 5 rings (SSSR count). The first-order valence-electron chi connectivity index (χ1n) is 10.7. The summed E-state index contributed by atoms with van der Waals surface area (Å²) in [5.41, 5.74) is 0.786. The van der Waals surface area contributed by atoms with Gasteiger partial charge in [0.25, 0.3) is 0 Å². The fourth-order valence-corrected chi connectivity index (χ4v) is 4.09. The molecule has 1 saturated heterocycles. The van der Waals surface area contributed by atoms with Gasteiger partial charge in [-0.3, -0.25) is 0 Å². The van der Waals surface area contributed by atoms with Crippen LogP contribution in [0, 0.1) is 0 Å². The third kappa shape index (κ3) is 4.09. The number of ether oxygens (including phenoxy) is 4. The van der Waals surface area contributed by atoms with Crippen molar-refractivity contribution in [1.29, 1.82) is 0 Å². The molecule has 0 radical (unpaired) electrons. The number of rotatable bonds is 7. The second-order valence-corrected chi connectivity index (χ2v) is 7.98. The van der Waals surface area contributed by atoms with Crippen molar-refractivity contribution in [3.63, 3.8) is 0 Å². The molecule has 0 aliphatic carbocycles. The molecule has 0 bridgehead atoms. The van der Waals surface area contributed by atoms with Crippen LogP contribution >= 0.6 is 0 Å². The monoisotopic (exact) mass is 438 g/mol. The molecule has 0 saturated carbocycles. The predicted octanol–water partition coefficient (Wildman–Crippen LogP) is 2.99. The van der Waals surface area contributed by atoms with E-state index < -0.39 is 5.60 Å². The number of aromatic nitrogens is 2. The van der Waals surface area contributed by atoms with Crippen molar-refractivity contribution in [2.45, 2.75) is 24.9 Å². The zero-order valence-electron chi connectivity index (χ0n) is 17.9. The molecule has 0 spiro atoms. The van der Waals surface area contributed by atoms with Gasteiger partial charge < -0.3 is 34.7 Å². The highest BCUT2D eigenvalue weighted by atomic mass is 16.7. The molecular weight excluding hydrogens is 412 g/mol. The Morgan fingerprint density at radius 3 is 2.88 bits per heavy atom. The van der Waals surface area contributed by atoms with Crippen molar-refractivity contribution in [2.24, 2.45) is 0 Å². The minimum Gasteiger partial charge on any atom is -0.493 e. The maximum absolute atomic E-state index is 10.7. The number of methoxy groups -OCH3 is 1. The molecule has 1 fully saturated rings. The first kappa shape index (κ1) is 20.6. The van der Waals surface area contributed by atoms with Gasteiger partial charge in [-0.15, -0.1) is 0 Å². The van der Waals surface area contributed by atoms with E-state index in [2.05, 4.69) is 20.6 Å². The molecule has 32 heavy (non-hydrogen) atoms. The fourth-order valence-electron chi connectivity index (χ4n) is 4.09. The number of fused-ring (bicyclic) bond motifs is 2. The summed E-state index contributed by atoms with van der Waals surface area (Å²) in [7, 11) is 1.60. The summed E-state index contributed by atoms with van der Waals surface area (Å²) in [6, 6.07) is 9.34. The second kappa shape index (κ2) is 8.68. The van der Waals surface area contributed by atoms with Gasteiger partial charge in [0.05, 0.1) is 30.5 Å². The molecule has 168 valence electrons. The number of hydrogen-bond donors (Lipinski definition) is 3. The van der Waals surface area contributed by atoms with Crippen molar-refractivity contribution >= 4 is 22.4 Å². The number of piperidine rings is 1. The van der Waals surface area contributed by atoms with Crippen LogP contribution in [0.1, 0.15) is 19.3 Å². The van der Waals surface area contributed by atoms with Gasteiger partial charge >= 0.3 is 0 Å². The average Bonchev–Trinajstić information content (AvgIpc) is 3.29. The molecule has 2 aliphatic rings. The van der Waals surface area contributed by atoms with Crippen molar-refractivity contribution in [3.8, 4) is 23.0 Å². The highest BCUT2D eigenvalue weighted by molar-refractivity contribution is 5.93. The number of para-hydroxylation sites is 1. The molecule has 9 nitrogen and oxygen atoms in total. The van der Waals surface area contributed by atoms with Crippen LogP contribution in [-0.2, 0) is 0 Å². The van der Waals surface area contributed by atoms with Crippen LogP contribution in [0.15, 0.2) is 36.7 Å². The van der Waals surface area contributed by atoms with Gasteiger partial charge in [-0.05, 0) is 44.1 Å². The van der Waals surface area contributed by atoms with Crippen LogP contribution in [0.4, 0.5) is 11.5 Å². The lowest BCUT2D eigenvalue weighted by molar-refractivity contribution is -0.00790. The Kier molecular flexibility index (Phi) is 5.59. The average molecular weight is 438 g/mol. The van der Waals surface area contributed by atoms with Gasteiger partial charge in [-0.25, -0.2) is 9.97 Å². The molecule has 2 aromatic carbocycles. The van der Waals surface area contributed by atoms with E-state index in [1.807, 2.05) is 30.3 Å². The SMILES string of the molecule is COc1cc2c(Nc3cccc4c3OCO4)ncnc2cc1OCCC1(O)CCNCC1. The molecule has 0 atom stereocenters. The van der Waals surface area contributed by atoms with Crippen LogP contribution in [-0.4, -0.2) is 54.3 Å². The van der Waals surface area contributed by atoms with Gasteiger partial charge in [-0.2, -0.15) is 0 Å². The van der Waals surface area contributed by atoms with Crippen LogP contribution in [0.3, 0.4) is 0 Å². The number of aliphatic hydroxyl groups is 1. The third-order valence-electron chi connectivity index (χ3n) is 5.93. The van der Waals surface area contributed by atoms with Crippen LogP contribution in [0.5, 0.6) is 23.0 Å². The lowest BCUT2D eigenvalue weighted by Gasteiger charge is -2.32. The zero-order chi connectivity index (χ0) is 22.0. The summed E-state index contributed by atoms with van der Waals surface area (Å²) in [6.07, 6.45) is 3.52. The van der Waals surface area contributed by atoms with Gasteiger partial charge in [0, 0.05) is 17.9 Å². The van der Waals surface area contributed by atoms with Crippen LogP contribution in [0.25, 0.3) is 10.9 Å². The summed E-state index contributed by atoms with van der Waals surface area (Å²) in [4.78, 5) is 8.81. The Hall–Kier alpha value is -3.30. The quantitative estimate of drug-likeness (QED) is 0.513. The highest BCUT2D eigenvalue weighted by Gasteiger charge is 2.29. The van der Waals surface area contributed by atoms with E-state index in [0.717, 1.165) is 37.0 Å². The Morgan fingerprint density at radius 2 is 2.03 bits per heavy atom. The van der Waals surface area contributed by atoms with E-state index in [4.69, 9.17) is 18.9 Å². The van der Waals surface area contributed by atoms with E-state index >= 15 is 0 Å². The van der Waals surface area contributed by atoms with E-state index in [1.165, 1.54) is 6.33 Å². The topological polar surface area (TPSA) is 107 Å². The van der Waals surface area contributed by atoms with Crippen molar-refractivity contribution in [3.05, 3.63) is 36.7 Å². The van der Waals surface area contributed by atoms with E-state index in [-0.39, 0.29) is 6.79 Å². The number of nitrogens with zero attached hydrogens (tertiary/aromatic N) is 2. The minimum absolute atomic E-state index is 0.193.